The summed E-state index contributed by atoms with van der Waals surface area (Å²) in [6, 6.07) is 1.41. The molecule has 3 nitrogen and oxygen atoms in total. The molecule has 0 bridgehead atoms. The smallest absolute Gasteiger partial charge is 0.141 e. The Balaban J connectivity index is 2.58. The van der Waals surface area contributed by atoms with E-state index in [-0.39, 0.29) is 11.9 Å². The highest BCUT2D eigenvalue weighted by atomic mass is 19.1. The fourth-order valence-electron chi connectivity index (χ4n) is 1.19. The maximum absolute atomic E-state index is 12.9. The zero-order valence-corrected chi connectivity index (χ0v) is 9.29. The molecule has 0 aliphatic heterocycles. The van der Waals surface area contributed by atoms with Crippen molar-refractivity contribution in [1.82, 2.24) is 10.3 Å². The van der Waals surface area contributed by atoms with Gasteiger partial charge in [-0.05, 0) is 32.4 Å². The summed E-state index contributed by atoms with van der Waals surface area (Å²) in [4.78, 5) is 3.77. The zero-order valence-electron chi connectivity index (χ0n) is 9.29. The third-order valence-corrected chi connectivity index (χ3v) is 2.07. The molecule has 1 unspecified atom stereocenters. The molecule has 1 atom stereocenters. The molecule has 0 aliphatic rings. The molecule has 1 aromatic rings. The van der Waals surface area contributed by atoms with Crippen molar-refractivity contribution >= 4 is 0 Å². The Morgan fingerprint density at radius 2 is 2.20 bits per heavy atom. The van der Waals surface area contributed by atoms with Gasteiger partial charge in [0.15, 0.2) is 0 Å². The Morgan fingerprint density at radius 3 is 2.73 bits per heavy atom. The standard InChI is InChI=1S/C11H17FN2O/c1-8(14-7-11(2,3)15)9-4-10(12)6-13-5-9/h4-6,8,14-15H,7H2,1-3H3. The van der Waals surface area contributed by atoms with Gasteiger partial charge in [0.05, 0.1) is 11.8 Å². The molecule has 0 fully saturated rings. The minimum atomic E-state index is -0.769. The van der Waals surface area contributed by atoms with Crippen LogP contribution in [0.25, 0.3) is 0 Å². The number of rotatable bonds is 4. The maximum atomic E-state index is 12.9. The topological polar surface area (TPSA) is 45.1 Å². The average Bonchev–Trinajstić information content (AvgIpc) is 2.13. The van der Waals surface area contributed by atoms with Crippen molar-refractivity contribution in [2.75, 3.05) is 6.54 Å². The Hall–Kier alpha value is -1.00. The van der Waals surface area contributed by atoms with Crippen LogP contribution in [0.5, 0.6) is 0 Å². The van der Waals surface area contributed by atoms with Gasteiger partial charge in [-0.3, -0.25) is 4.98 Å². The van der Waals surface area contributed by atoms with Crippen molar-refractivity contribution in [3.8, 4) is 0 Å². The molecular weight excluding hydrogens is 195 g/mol. The Kier molecular flexibility index (Phi) is 3.77. The molecule has 0 saturated heterocycles. The van der Waals surface area contributed by atoms with E-state index in [0.29, 0.717) is 6.54 Å². The second-order valence-corrected chi connectivity index (χ2v) is 4.35. The Bertz CT molecular complexity index is 323. The predicted octanol–water partition coefficient (Wildman–Crippen LogP) is 1.64. The first kappa shape index (κ1) is 12.1. The van der Waals surface area contributed by atoms with Gasteiger partial charge in [0.25, 0.3) is 0 Å². The summed E-state index contributed by atoms with van der Waals surface area (Å²) < 4.78 is 12.9. The van der Waals surface area contributed by atoms with Crippen molar-refractivity contribution in [2.45, 2.75) is 32.4 Å². The molecule has 0 aromatic carbocycles. The van der Waals surface area contributed by atoms with E-state index < -0.39 is 5.60 Å². The van der Waals surface area contributed by atoms with Gasteiger partial charge in [0.1, 0.15) is 5.82 Å². The third kappa shape index (κ3) is 4.36. The Labute approximate surface area is 89.4 Å². The van der Waals surface area contributed by atoms with Gasteiger partial charge < -0.3 is 10.4 Å². The molecule has 2 N–H and O–H groups in total. The van der Waals surface area contributed by atoms with Gasteiger partial charge >= 0.3 is 0 Å². The summed E-state index contributed by atoms with van der Waals surface area (Å²) in [6.07, 6.45) is 2.79. The average molecular weight is 212 g/mol. The first-order valence-electron chi connectivity index (χ1n) is 4.95. The fourth-order valence-corrected chi connectivity index (χ4v) is 1.19. The third-order valence-electron chi connectivity index (χ3n) is 2.07. The van der Waals surface area contributed by atoms with Gasteiger partial charge in [-0.1, -0.05) is 0 Å². The summed E-state index contributed by atoms with van der Waals surface area (Å²) in [5.41, 5.74) is 0.00825. The lowest BCUT2D eigenvalue weighted by Crippen LogP contribution is -2.36. The van der Waals surface area contributed by atoms with Crippen LogP contribution in [0.2, 0.25) is 0 Å². The number of halogens is 1. The molecule has 1 heterocycles. The number of hydrogen-bond donors (Lipinski definition) is 2. The molecule has 0 spiro atoms. The molecule has 1 aromatic heterocycles. The van der Waals surface area contributed by atoms with Crippen LogP contribution in [-0.4, -0.2) is 22.2 Å². The number of aromatic nitrogens is 1. The zero-order chi connectivity index (χ0) is 11.5. The lowest BCUT2D eigenvalue weighted by molar-refractivity contribution is 0.0770. The molecule has 4 heteroatoms. The molecule has 1 rings (SSSR count). The highest BCUT2D eigenvalue weighted by molar-refractivity contribution is 5.14. The number of pyridine rings is 1. The van der Waals surface area contributed by atoms with E-state index in [4.69, 9.17) is 0 Å². The molecule has 15 heavy (non-hydrogen) atoms. The van der Waals surface area contributed by atoms with E-state index in [0.717, 1.165) is 5.56 Å². The lowest BCUT2D eigenvalue weighted by Gasteiger charge is -2.21. The van der Waals surface area contributed by atoms with E-state index >= 15 is 0 Å². The van der Waals surface area contributed by atoms with E-state index in [1.54, 1.807) is 20.0 Å². The minimum absolute atomic E-state index is 0.0281. The van der Waals surface area contributed by atoms with Crippen LogP contribution in [-0.2, 0) is 0 Å². The van der Waals surface area contributed by atoms with Crippen LogP contribution >= 0.6 is 0 Å². The first-order chi connectivity index (χ1) is 6.88. The molecule has 0 amide bonds. The number of nitrogens with zero attached hydrogens (tertiary/aromatic N) is 1. The lowest BCUT2D eigenvalue weighted by atomic mass is 10.1. The van der Waals surface area contributed by atoms with Crippen LogP contribution in [0.4, 0.5) is 4.39 Å². The predicted molar refractivity (Wildman–Crippen MR) is 56.9 cm³/mol. The minimum Gasteiger partial charge on any atom is -0.389 e. The monoisotopic (exact) mass is 212 g/mol. The largest absolute Gasteiger partial charge is 0.389 e. The normalized spacial score (nSPS) is 13.9. The van der Waals surface area contributed by atoms with E-state index in [2.05, 4.69) is 10.3 Å². The van der Waals surface area contributed by atoms with Gasteiger partial charge in [0.2, 0.25) is 0 Å². The van der Waals surface area contributed by atoms with Crippen LogP contribution < -0.4 is 5.32 Å². The second kappa shape index (κ2) is 4.68. The molecule has 0 aliphatic carbocycles. The number of hydrogen-bond acceptors (Lipinski definition) is 3. The van der Waals surface area contributed by atoms with Crippen molar-refractivity contribution in [1.29, 1.82) is 0 Å². The highest BCUT2D eigenvalue weighted by Gasteiger charge is 2.14. The summed E-state index contributed by atoms with van der Waals surface area (Å²) in [5, 5.41) is 12.6. The second-order valence-electron chi connectivity index (χ2n) is 4.35. The van der Waals surface area contributed by atoms with Crippen molar-refractivity contribution < 1.29 is 9.50 Å². The van der Waals surface area contributed by atoms with Gasteiger partial charge in [-0.2, -0.15) is 0 Å². The summed E-state index contributed by atoms with van der Waals surface area (Å²) in [7, 11) is 0. The summed E-state index contributed by atoms with van der Waals surface area (Å²) >= 11 is 0. The van der Waals surface area contributed by atoms with Crippen LogP contribution in [0.1, 0.15) is 32.4 Å². The quantitative estimate of drug-likeness (QED) is 0.797. The molecular formula is C11H17FN2O. The summed E-state index contributed by atoms with van der Waals surface area (Å²) in [5.74, 6) is -0.343. The van der Waals surface area contributed by atoms with E-state index in [1.807, 2.05) is 6.92 Å². The first-order valence-corrected chi connectivity index (χ1v) is 4.95. The maximum Gasteiger partial charge on any atom is 0.141 e. The van der Waals surface area contributed by atoms with Gasteiger partial charge in [-0.15, -0.1) is 0 Å². The van der Waals surface area contributed by atoms with Crippen LogP contribution in [0, 0.1) is 5.82 Å². The van der Waals surface area contributed by atoms with Gasteiger partial charge in [0, 0.05) is 18.8 Å². The van der Waals surface area contributed by atoms with Crippen LogP contribution in [0.15, 0.2) is 18.5 Å². The highest BCUT2D eigenvalue weighted by Crippen LogP contribution is 2.12. The Morgan fingerprint density at radius 1 is 1.53 bits per heavy atom. The van der Waals surface area contributed by atoms with Crippen molar-refractivity contribution in [2.24, 2.45) is 0 Å². The number of aliphatic hydroxyl groups is 1. The number of nitrogens with one attached hydrogen (secondary N) is 1. The van der Waals surface area contributed by atoms with E-state index in [9.17, 15) is 9.50 Å². The SMILES string of the molecule is CC(NCC(C)(C)O)c1cncc(F)c1. The van der Waals surface area contributed by atoms with E-state index in [1.165, 1.54) is 12.3 Å². The summed E-state index contributed by atoms with van der Waals surface area (Å²) in [6.45, 7) is 5.79. The fraction of sp³-hybridized carbons (Fsp3) is 0.545. The van der Waals surface area contributed by atoms with Gasteiger partial charge in [-0.25, -0.2) is 4.39 Å². The molecule has 0 radical (unpaired) electrons. The van der Waals surface area contributed by atoms with Crippen LogP contribution in [0.3, 0.4) is 0 Å². The van der Waals surface area contributed by atoms with Crippen molar-refractivity contribution in [3.05, 3.63) is 29.8 Å². The molecule has 84 valence electrons. The van der Waals surface area contributed by atoms with Crippen molar-refractivity contribution in [3.63, 3.8) is 0 Å². The molecule has 0 saturated carbocycles.